The van der Waals surface area contributed by atoms with Gasteiger partial charge < -0.3 is 9.88 Å². The second-order valence-corrected chi connectivity index (χ2v) is 6.90. The van der Waals surface area contributed by atoms with Gasteiger partial charge in [-0.15, -0.1) is 0 Å². The van der Waals surface area contributed by atoms with Crippen LogP contribution in [-0.4, -0.2) is 15.4 Å². The fourth-order valence-electron chi connectivity index (χ4n) is 3.30. The maximum atomic E-state index is 12.6. The third-order valence-electron chi connectivity index (χ3n) is 4.75. The number of nitrogens with one attached hydrogen (secondary N) is 1. The molecule has 2 aromatic carbocycles. The van der Waals surface area contributed by atoms with Crippen molar-refractivity contribution in [3.05, 3.63) is 92.8 Å². The number of aryl methyl sites for hydroxylation is 2. The third kappa shape index (κ3) is 4.13. The first kappa shape index (κ1) is 20.6. The molecule has 1 N–H and O–H groups in total. The lowest BCUT2D eigenvalue weighted by Gasteiger charge is -2.09. The molecule has 3 rings (SSSR count). The first-order chi connectivity index (χ1) is 14.3. The first-order valence-corrected chi connectivity index (χ1v) is 9.24. The van der Waals surface area contributed by atoms with E-state index in [0.29, 0.717) is 5.56 Å². The van der Waals surface area contributed by atoms with Gasteiger partial charge in [0.15, 0.2) is 0 Å². The van der Waals surface area contributed by atoms with Crippen molar-refractivity contribution in [3.8, 4) is 11.8 Å². The number of nitro groups is 1. The van der Waals surface area contributed by atoms with E-state index in [2.05, 4.69) is 5.32 Å². The van der Waals surface area contributed by atoms with Crippen molar-refractivity contribution < 1.29 is 9.72 Å². The standard InChI is InChI=1S/C23H20N4O3/c1-15-9-10-21(22(11-15)27(29)30)25-23(28)19(14-24)13-18-12-16(2)26(17(18)3)20-7-5-4-6-8-20/h4-13H,1-3H3,(H,25,28)/b19-13+. The lowest BCUT2D eigenvalue weighted by Crippen LogP contribution is -2.14. The summed E-state index contributed by atoms with van der Waals surface area (Å²) in [6.07, 6.45) is 1.50. The maximum absolute atomic E-state index is 12.6. The van der Waals surface area contributed by atoms with Crippen molar-refractivity contribution >= 4 is 23.4 Å². The molecule has 0 unspecified atom stereocenters. The van der Waals surface area contributed by atoms with Crippen LogP contribution in [0.4, 0.5) is 11.4 Å². The van der Waals surface area contributed by atoms with Crippen LogP contribution in [0.2, 0.25) is 0 Å². The number of nitrogens with zero attached hydrogens (tertiary/aromatic N) is 3. The van der Waals surface area contributed by atoms with Gasteiger partial charge in [0, 0.05) is 23.1 Å². The Hall–Kier alpha value is -4.18. The molecule has 3 aromatic rings. The molecular formula is C23H20N4O3. The van der Waals surface area contributed by atoms with Gasteiger partial charge in [-0.05, 0) is 62.2 Å². The summed E-state index contributed by atoms with van der Waals surface area (Å²) in [7, 11) is 0. The summed E-state index contributed by atoms with van der Waals surface area (Å²) < 4.78 is 2.03. The van der Waals surface area contributed by atoms with Gasteiger partial charge in [0.1, 0.15) is 17.3 Å². The Morgan fingerprint density at radius 2 is 1.83 bits per heavy atom. The highest BCUT2D eigenvalue weighted by Gasteiger charge is 2.19. The zero-order valence-corrected chi connectivity index (χ0v) is 16.8. The van der Waals surface area contributed by atoms with Gasteiger partial charge in [0.2, 0.25) is 0 Å². The molecule has 0 fully saturated rings. The van der Waals surface area contributed by atoms with Crippen LogP contribution in [0.5, 0.6) is 0 Å². The largest absolute Gasteiger partial charge is 0.318 e. The summed E-state index contributed by atoms with van der Waals surface area (Å²) in [6.45, 7) is 5.57. The summed E-state index contributed by atoms with van der Waals surface area (Å²) in [6, 6.07) is 18.0. The Kier molecular flexibility index (Phi) is 5.79. The van der Waals surface area contributed by atoms with E-state index in [-0.39, 0.29) is 16.9 Å². The van der Waals surface area contributed by atoms with Gasteiger partial charge in [0.05, 0.1) is 4.92 Å². The Balaban J connectivity index is 1.95. The molecule has 1 amide bonds. The zero-order chi connectivity index (χ0) is 21.8. The van der Waals surface area contributed by atoms with E-state index in [4.69, 9.17) is 0 Å². The summed E-state index contributed by atoms with van der Waals surface area (Å²) in [5.74, 6) is -0.700. The van der Waals surface area contributed by atoms with Gasteiger partial charge in [-0.3, -0.25) is 14.9 Å². The van der Waals surface area contributed by atoms with Crippen molar-refractivity contribution in [2.45, 2.75) is 20.8 Å². The van der Waals surface area contributed by atoms with Crippen LogP contribution in [0.25, 0.3) is 11.8 Å². The summed E-state index contributed by atoms with van der Waals surface area (Å²) in [5.41, 5.74) is 3.92. The van der Waals surface area contributed by atoms with Gasteiger partial charge in [0.25, 0.3) is 11.6 Å². The molecule has 7 nitrogen and oxygen atoms in total. The lowest BCUT2D eigenvalue weighted by molar-refractivity contribution is -0.384. The Bertz CT molecular complexity index is 1200. The maximum Gasteiger partial charge on any atom is 0.293 e. The quantitative estimate of drug-likeness (QED) is 0.286. The smallest absolute Gasteiger partial charge is 0.293 e. The van der Waals surface area contributed by atoms with Crippen LogP contribution in [0.3, 0.4) is 0 Å². The molecule has 1 heterocycles. The average Bonchev–Trinajstić information content (AvgIpc) is 3.00. The number of nitro benzene ring substituents is 1. The predicted molar refractivity (Wildman–Crippen MR) is 115 cm³/mol. The number of benzene rings is 2. The van der Waals surface area contributed by atoms with Crippen LogP contribution >= 0.6 is 0 Å². The molecule has 0 spiro atoms. The highest BCUT2D eigenvalue weighted by Crippen LogP contribution is 2.27. The average molecular weight is 400 g/mol. The molecule has 0 aliphatic heterocycles. The van der Waals surface area contributed by atoms with E-state index in [1.807, 2.05) is 60.9 Å². The SMILES string of the molecule is Cc1ccc(NC(=O)/C(C#N)=C/c2cc(C)n(-c3ccccc3)c2C)c([N+](=O)[O-])c1. The normalized spacial score (nSPS) is 11.1. The minimum atomic E-state index is -0.700. The van der Waals surface area contributed by atoms with E-state index in [0.717, 1.165) is 22.6 Å². The zero-order valence-electron chi connectivity index (χ0n) is 16.8. The molecule has 7 heteroatoms. The fourth-order valence-corrected chi connectivity index (χ4v) is 3.30. The van der Waals surface area contributed by atoms with Crippen molar-refractivity contribution in [3.63, 3.8) is 0 Å². The minimum absolute atomic E-state index is 0.0477. The van der Waals surface area contributed by atoms with E-state index >= 15 is 0 Å². The Morgan fingerprint density at radius 1 is 1.13 bits per heavy atom. The first-order valence-electron chi connectivity index (χ1n) is 9.24. The molecule has 0 radical (unpaired) electrons. The van der Waals surface area contributed by atoms with Crippen LogP contribution in [0, 0.1) is 42.2 Å². The molecule has 0 aliphatic rings. The van der Waals surface area contributed by atoms with Gasteiger partial charge in [-0.2, -0.15) is 5.26 Å². The Morgan fingerprint density at radius 3 is 2.47 bits per heavy atom. The number of carbonyl (C=O) groups is 1. The van der Waals surface area contributed by atoms with Crippen LogP contribution in [-0.2, 0) is 4.79 Å². The number of hydrogen-bond donors (Lipinski definition) is 1. The van der Waals surface area contributed by atoms with Crippen LogP contribution < -0.4 is 5.32 Å². The predicted octanol–water partition coefficient (Wildman–Crippen LogP) is 4.86. The van der Waals surface area contributed by atoms with E-state index < -0.39 is 10.8 Å². The number of anilines is 1. The van der Waals surface area contributed by atoms with Crippen molar-refractivity contribution in [1.29, 1.82) is 5.26 Å². The summed E-state index contributed by atoms with van der Waals surface area (Å²) >= 11 is 0. The number of aromatic nitrogens is 1. The molecule has 0 saturated carbocycles. The summed E-state index contributed by atoms with van der Waals surface area (Å²) in [4.78, 5) is 23.4. The molecule has 0 aliphatic carbocycles. The second kappa shape index (κ2) is 8.45. The molecule has 150 valence electrons. The van der Waals surface area contributed by atoms with Gasteiger partial charge in [-0.25, -0.2) is 0 Å². The molecular weight excluding hydrogens is 380 g/mol. The van der Waals surface area contributed by atoms with Crippen LogP contribution in [0.1, 0.15) is 22.5 Å². The number of rotatable bonds is 5. The molecule has 30 heavy (non-hydrogen) atoms. The number of carbonyl (C=O) groups excluding carboxylic acids is 1. The minimum Gasteiger partial charge on any atom is -0.318 e. The molecule has 0 bridgehead atoms. The number of para-hydroxylation sites is 1. The van der Waals surface area contributed by atoms with E-state index in [1.54, 1.807) is 13.0 Å². The van der Waals surface area contributed by atoms with Gasteiger partial charge >= 0.3 is 0 Å². The fraction of sp³-hybridized carbons (Fsp3) is 0.130. The molecule has 1 aromatic heterocycles. The number of nitriles is 1. The topological polar surface area (TPSA) is 101 Å². The molecule has 0 atom stereocenters. The lowest BCUT2D eigenvalue weighted by atomic mass is 10.1. The number of amides is 1. The van der Waals surface area contributed by atoms with Crippen molar-refractivity contribution in [2.24, 2.45) is 0 Å². The second-order valence-electron chi connectivity index (χ2n) is 6.90. The summed E-state index contributed by atoms with van der Waals surface area (Å²) in [5, 5.41) is 23.3. The third-order valence-corrected chi connectivity index (χ3v) is 4.75. The number of hydrogen-bond acceptors (Lipinski definition) is 4. The molecule has 0 saturated heterocycles. The van der Waals surface area contributed by atoms with Gasteiger partial charge in [-0.1, -0.05) is 24.3 Å². The Labute approximate surface area is 174 Å². The van der Waals surface area contributed by atoms with Crippen molar-refractivity contribution in [2.75, 3.05) is 5.32 Å². The van der Waals surface area contributed by atoms with E-state index in [9.17, 15) is 20.2 Å². The highest BCUT2D eigenvalue weighted by molar-refractivity contribution is 6.10. The highest BCUT2D eigenvalue weighted by atomic mass is 16.6. The van der Waals surface area contributed by atoms with Crippen molar-refractivity contribution in [1.82, 2.24) is 4.57 Å². The van der Waals surface area contributed by atoms with E-state index in [1.165, 1.54) is 18.2 Å². The van der Waals surface area contributed by atoms with Crippen LogP contribution in [0.15, 0.2) is 60.2 Å². The monoisotopic (exact) mass is 400 g/mol.